The molecule has 3 aromatic rings. The molecule has 2 aromatic heterocycles. The number of carbonyl (C=O) groups excluding carboxylic acids is 1. The maximum Gasteiger partial charge on any atom is 0.318 e. The van der Waals surface area contributed by atoms with Crippen molar-refractivity contribution in [3.05, 3.63) is 24.4 Å². The molecule has 4 aliphatic rings. The fourth-order valence-electron chi connectivity index (χ4n) is 5.03. The van der Waals surface area contributed by atoms with Gasteiger partial charge in [-0.05, 0) is 36.8 Å². The van der Waals surface area contributed by atoms with Gasteiger partial charge >= 0.3 is 6.01 Å². The Morgan fingerprint density at radius 2 is 1.94 bits per heavy atom. The summed E-state index contributed by atoms with van der Waals surface area (Å²) in [7, 11) is 0. The van der Waals surface area contributed by atoms with E-state index >= 15 is 0 Å². The molecule has 9 heteroatoms. The lowest BCUT2D eigenvalue weighted by molar-refractivity contribution is -0.133. The number of nitrogens with zero attached hydrogens (tertiary/aromatic N) is 6. The number of fused-ring (bicyclic) bond motifs is 1. The second-order valence-electron chi connectivity index (χ2n) is 9.38. The number of hydrogen-bond acceptors (Lipinski definition) is 7. The van der Waals surface area contributed by atoms with Crippen molar-refractivity contribution in [1.29, 1.82) is 0 Å². The molecular weight excluding hydrogens is 396 g/mol. The largest absolute Gasteiger partial charge is 0.403 e. The zero-order chi connectivity index (χ0) is 20.6. The van der Waals surface area contributed by atoms with Crippen molar-refractivity contribution in [2.75, 3.05) is 44.3 Å². The van der Waals surface area contributed by atoms with E-state index in [1.807, 2.05) is 27.9 Å². The van der Waals surface area contributed by atoms with Crippen molar-refractivity contribution in [2.24, 2.45) is 11.3 Å². The Hall–Kier alpha value is -2.94. The first-order chi connectivity index (χ1) is 15.2. The lowest BCUT2D eigenvalue weighted by Gasteiger charge is -2.33. The van der Waals surface area contributed by atoms with Gasteiger partial charge in [0.05, 0.1) is 31.0 Å². The Kier molecular flexibility index (Phi) is 3.59. The van der Waals surface area contributed by atoms with Gasteiger partial charge in [0.15, 0.2) is 0 Å². The Morgan fingerprint density at radius 1 is 1.10 bits per heavy atom. The van der Waals surface area contributed by atoms with Crippen molar-refractivity contribution in [1.82, 2.24) is 24.9 Å². The predicted molar refractivity (Wildman–Crippen MR) is 111 cm³/mol. The molecule has 2 aliphatic carbocycles. The highest BCUT2D eigenvalue weighted by Gasteiger charge is 2.66. The van der Waals surface area contributed by atoms with E-state index in [9.17, 15) is 4.79 Å². The van der Waals surface area contributed by atoms with E-state index in [-0.39, 0.29) is 6.04 Å². The number of piperazine rings is 1. The Bertz CT molecular complexity index is 1170. The Morgan fingerprint density at radius 3 is 2.65 bits per heavy atom. The van der Waals surface area contributed by atoms with Crippen LogP contribution in [0.3, 0.4) is 0 Å². The van der Waals surface area contributed by atoms with Crippen LogP contribution in [0.1, 0.15) is 25.3 Å². The predicted octanol–water partition coefficient (Wildman–Crippen LogP) is 2.11. The number of rotatable bonds is 4. The summed E-state index contributed by atoms with van der Waals surface area (Å²) in [5, 5.41) is 14.2. The second kappa shape index (κ2) is 6.29. The smallest absolute Gasteiger partial charge is 0.318 e. The van der Waals surface area contributed by atoms with Crippen LogP contribution in [-0.2, 0) is 9.53 Å². The van der Waals surface area contributed by atoms with Gasteiger partial charge < -0.3 is 19.0 Å². The van der Waals surface area contributed by atoms with Gasteiger partial charge in [0, 0.05) is 43.0 Å². The number of anilines is 1. The van der Waals surface area contributed by atoms with Gasteiger partial charge in [0.1, 0.15) is 0 Å². The summed E-state index contributed by atoms with van der Waals surface area (Å²) in [6.07, 6.45) is 5.48. The van der Waals surface area contributed by atoms with Gasteiger partial charge in [-0.15, -0.1) is 5.10 Å². The number of amides is 1. The van der Waals surface area contributed by atoms with Crippen molar-refractivity contribution in [2.45, 2.75) is 25.3 Å². The van der Waals surface area contributed by atoms with Crippen LogP contribution >= 0.6 is 0 Å². The molecule has 31 heavy (non-hydrogen) atoms. The molecular formula is C22H24N6O3. The van der Waals surface area contributed by atoms with Crippen LogP contribution in [0, 0.1) is 11.3 Å². The van der Waals surface area contributed by atoms with E-state index in [1.54, 1.807) is 0 Å². The molecule has 1 aromatic carbocycles. The number of ether oxygens (including phenoxy) is 1. The van der Waals surface area contributed by atoms with Crippen LogP contribution in [0.15, 0.2) is 28.8 Å². The molecule has 2 aliphatic heterocycles. The van der Waals surface area contributed by atoms with Crippen LogP contribution in [0.2, 0.25) is 0 Å². The third-order valence-corrected chi connectivity index (χ3v) is 7.47. The van der Waals surface area contributed by atoms with E-state index in [2.05, 4.69) is 26.3 Å². The number of benzene rings is 1. The molecule has 160 valence electrons. The molecule has 1 atom stereocenters. The van der Waals surface area contributed by atoms with Crippen LogP contribution in [0.25, 0.3) is 22.4 Å². The first kappa shape index (κ1) is 17.7. The summed E-state index contributed by atoms with van der Waals surface area (Å²) >= 11 is 0. The van der Waals surface area contributed by atoms with Crippen LogP contribution < -0.4 is 4.90 Å². The average Bonchev–Trinajstić information content (AvgIpc) is 3.57. The highest BCUT2D eigenvalue weighted by Crippen LogP contribution is 2.70. The van der Waals surface area contributed by atoms with Crippen molar-refractivity contribution < 1.29 is 13.9 Å². The normalized spacial score (nSPS) is 24.6. The van der Waals surface area contributed by atoms with Gasteiger partial charge in [0.2, 0.25) is 11.8 Å². The van der Waals surface area contributed by atoms with Gasteiger partial charge in [-0.25, -0.2) is 0 Å². The fraction of sp³-hybridized carbons (Fsp3) is 0.545. The molecule has 2 saturated heterocycles. The van der Waals surface area contributed by atoms with Crippen LogP contribution in [0.4, 0.5) is 6.01 Å². The maximum atomic E-state index is 12.7. The summed E-state index contributed by atoms with van der Waals surface area (Å²) in [4.78, 5) is 16.8. The molecule has 1 spiro atoms. The summed E-state index contributed by atoms with van der Waals surface area (Å²) in [5.74, 6) is 1.15. The van der Waals surface area contributed by atoms with E-state index in [4.69, 9.17) is 9.15 Å². The minimum Gasteiger partial charge on any atom is -0.403 e. The molecule has 4 fully saturated rings. The zero-order valence-electron chi connectivity index (χ0n) is 17.2. The van der Waals surface area contributed by atoms with Crippen molar-refractivity contribution in [3.63, 3.8) is 0 Å². The summed E-state index contributed by atoms with van der Waals surface area (Å²) in [6.45, 7) is 4.28. The van der Waals surface area contributed by atoms with E-state index < -0.39 is 0 Å². The van der Waals surface area contributed by atoms with Crippen LogP contribution in [0.5, 0.6) is 0 Å². The van der Waals surface area contributed by atoms with Gasteiger partial charge in [-0.2, -0.15) is 5.10 Å². The Labute approximate surface area is 178 Å². The lowest BCUT2D eigenvalue weighted by Crippen LogP contribution is -2.49. The molecule has 0 radical (unpaired) electrons. The maximum absolute atomic E-state index is 12.7. The molecule has 2 saturated carbocycles. The van der Waals surface area contributed by atoms with Gasteiger partial charge in [-0.1, -0.05) is 11.2 Å². The first-order valence-corrected chi connectivity index (χ1v) is 11.1. The minimum atomic E-state index is 0.287. The minimum absolute atomic E-state index is 0.287. The van der Waals surface area contributed by atoms with Crippen molar-refractivity contribution in [3.8, 4) is 11.5 Å². The molecule has 9 nitrogen and oxygen atoms in total. The van der Waals surface area contributed by atoms with E-state index in [1.165, 1.54) is 12.8 Å². The van der Waals surface area contributed by atoms with Gasteiger partial charge in [0.25, 0.3) is 0 Å². The second-order valence-corrected chi connectivity index (χ2v) is 9.38. The Balaban J connectivity index is 1.06. The van der Waals surface area contributed by atoms with E-state index in [0.717, 1.165) is 49.1 Å². The number of aromatic nitrogens is 4. The molecule has 1 amide bonds. The summed E-state index contributed by atoms with van der Waals surface area (Å²) in [6, 6.07) is 6.89. The SMILES string of the molecule is O=C(C1CC12CC2)N1CCN(c2nnc(-c3ccc4cnn(C5COC5)c4c3)o2)CC1. The topological polar surface area (TPSA) is 89.5 Å². The molecule has 0 bridgehead atoms. The first-order valence-electron chi connectivity index (χ1n) is 11.1. The monoisotopic (exact) mass is 420 g/mol. The third-order valence-electron chi connectivity index (χ3n) is 7.47. The number of hydrogen-bond donors (Lipinski definition) is 0. The average molecular weight is 420 g/mol. The standard InChI is InChI=1S/C22H24N6O3/c29-20(17-10-22(17)3-4-22)26-5-7-27(8-6-26)21-25-24-19(31-21)14-1-2-15-11-23-28(18(15)9-14)16-12-30-13-16/h1-2,9,11,16-17H,3-8,10,12-13H2. The van der Waals surface area contributed by atoms with Gasteiger partial charge in [-0.3, -0.25) is 9.48 Å². The quantitative estimate of drug-likeness (QED) is 0.639. The lowest BCUT2D eigenvalue weighted by atomic mass is 10.1. The number of carbonyl (C=O) groups is 1. The molecule has 4 heterocycles. The molecule has 1 unspecified atom stereocenters. The van der Waals surface area contributed by atoms with E-state index in [0.29, 0.717) is 42.4 Å². The highest BCUT2D eigenvalue weighted by atomic mass is 16.5. The molecule has 7 rings (SSSR count). The summed E-state index contributed by atoms with van der Waals surface area (Å²) < 4.78 is 13.3. The summed E-state index contributed by atoms with van der Waals surface area (Å²) in [5.41, 5.74) is 2.34. The fourth-order valence-corrected chi connectivity index (χ4v) is 5.03. The highest BCUT2D eigenvalue weighted by molar-refractivity contribution is 5.84. The van der Waals surface area contributed by atoms with Crippen LogP contribution in [-0.4, -0.2) is 70.2 Å². The molecule has 0 N–H and O–H groups in total. The third kappa shape index (κ3) is 2.79. The zero-order valence-corrected chi connectivity index (χ0v) is 17.2. The van der Waals surface area contributed by atoms with Crippen molar-refractivity contribution >= 4 is 22.8 Å².